The Balaban J connectivity index is 0.000000268. The Morgan fingerprint density at radius 2 is 1.09 bits per heavy atom. The Bertz CT molecular complexity index is 3210. The molecule has 2 atom stereocenters. The van der Waals surface area contributed by atoms with E-state index in [4.69, 9.17) is 19.3 Å². The number of amides is 1. The smallest absolute Gasteiger partial charge is 0.450 e. The summed E-state index contributed by atoms with van der Waals surface area (Å²) >= 11 is 0. The second kappa shape index (κ2) is 34.0. The number of phenolic OH excluding ortho intramolecular Hbond substituents is 1. The van der Waals surface area contributed by atoms with Crippen molar-refractivity contribution in [3.63, 3.8) is 0 Å². The number of carbonyl (C=O) groups is 2. The fraction of sp³-hybridized carbons (Fsp3) is 0.433. The van der Waals surface area contributed by atoms with E-state index in [1.807, 2.05) is 58.9 Å². The molecule has 6 aromatic carbocycles. The van der Waals surface area contributed by atoms with Gasteiger partial charge >= 0.3 is 32.5 Å². The standard InChI is InChI=1S/C22H34O4.C18H15S.C17H21F6NO7S2.C10H14O/c1-5-22(3,4)21(23)26-20-13-11-19(12-14-20)25-17(2)24-16-15-18-9-7-6-8-10-18;1-4-10-16(11-5-1)19(17-12-6-2-7-13-17)18-14-8-3-9-15-18;1-4-14(2,3)13(25)24-10-9-11-5-7-12(8-6-11)31-33(29,30)17(22,23)15(18,19)16(20,21)32(26,27)28;1-3-8(2)9-4-6-10(11)7-5-9/h11-14,17-18H,5-10,15-16H2,1-4H3;1-15H;5-8H,4,9-10H2,1-3H3,(H,24,25)(H,26,27,28);4-8,11H,3H2,1-2H3/q;+1;;/p-1. The van der Waals surface area contributed by atoms with Crippen molar-refractivity contribution < 1.29 is 80.8 Å². The van der Waals surface area contributed by atoms with Gasteiger partial charge in [0.25, 0.3) is 0 Å². The van der Waals surface area contributed by atoms with Crippen LogP contribution in [0.3, 0.4) is 0 Å². The van der Waals surface area contributed by atoms with E-state index in [0.717, 1.165) is 56.1 Å². The zero-order valence-electron chi connectivity index (χ0n) is 51.7. The molecular formula is C67H83F6NO12S3. The molecular weight excluding hydrogens is 1220 g/mol. The fourth-order valence-corrected chi connectivity index (χ4v) is 11.8. The van der Waals surface area contributed by atoms with Crippen molar-refractivity contribution in [2.75, 3.05) is 13.2 Å². The molecule has 2 unspecified atom stereocenters. The number of ether oxygens (including phenoxy) is 3. The Morgan fingerprint density at radius 3 is 1.54 bits per heavy atom. The van der Waals surface area contributed by atoms with Crippen molar-refractivity contribution in [3.05, 3.63) is 175 Å². The lowest BCUT2D eigenvalue weighted by atomic mass is 9.87. The molecule has 0 radical (unpaired) electrons. The van der Waals surface area contributed by atoms with E-state index < -0.39 is 53.2 Å². The fourth-order valence-electron chi connectivity index (χ4n) is 8.29. The predicted octanol–water partition coefficient (Wildman–Crippen LogP) is 16.3. The van der Waals surface area contributed by atoms with Crippen LogP contribution < -0.4 is 19.0 Å². The average Bonchev–Trinajstić information content (AvgIpc) is 0.741. The highest BCUT2D eigenvalue weighted by atomic mass is 32.2. The molecule has 0 saturated heterocycles. The summed E-state index contributed by atoms with van der Waals surface area (Å²) in [6.45, 7) is 18.2. The van der Waals surface area contributed by atoms with Crippen molar-refractivity contribution >= 4 is 43.0 Å². The van der Waals surface area contributed by atoms with Gasteiger partial charge in [0.05, 0.1) is 22.9 Å². The number of hydrogen-bond acceptors (Lipinski definition) is 12. The highest BCUT2D eigenvalue weighted by Crippen LogP contribution is 2.51. The maximum Gasteiger partial charge on any atom is 0.450 e. The minimum Gasteiger partial charge on any atom is -0.743 e. The second-order valence-corrected chi connectivity index (χ2v) is 27.6. The van der Waals surface area contributed by atoms with Crippen LogP contribution in [0.15, 0.2) is 178 Å². The quantitative estimate of drug-likeness (QED) is 0.0105. The summed E-state index contributed by atoms with van der Waals surface area (Å²) in [5.41, 5.74) is 0.623. The zero-order valence-corrected chi connectivity index (χ0v) is 54.2. The van der Waals surface area contributed by atoms with Gasteiger partial charge in [0, 0.05) is 12.0 Å². The molecule has 1 fully saturated rings. The lowest BCUT2D eigenvalue weighted by Crippen LogP contribution is -2.61. The first-order valence-corrected chi connectivity index (χ1v) is 33.5. The molecule has 1 aliphatic rings. The van der Waals surface area contributed by atoms with Crippen molar-refractivity contribution in [2.45, 2.75) is 170 Å². The summed E-state index contributed by atoms with van der Waals surface area (Å²) in [6, 6.07) is 50.4. The van der Waals surface area contributed by atoms with E-state index in [-0.39, 0.29) is 42.0 Å². The first-order chi connectivity index (χ1) is 41.7. The van der Waals surface area contributed by atoms with Crippen LogP contribution >= 0.6 is 0 Å². The van der Waals surface area contributed by atoms with Crippen LogP contribution in [-0.4, -0.2) is 74.2 Å². The number of nitrogens with one attached hydrogen (secondary N) is 1. The van der Waals surface area contributed by atoms with E-state index in [1.54, 1.807) is 38.1 Å². The summed E-state index contributed by atoms with van der Waals surface area (Å²) in [6.07, 6.45) is 10.3. The minimum absolute atomic E-state index is 0.0146. The average molecular weight is 1300 g/mol. The maximum atomic E-state index is 13.8. The lowest BCUT2D eigenvalue weighted by Gasteiger charge is -2.32. The molecule has 89 heavy (non-hydrogen) atoms. The van der Waals surface area contributed by atoms with Crippen LogP contribution in [0.5, 0.6) is 23.0 Å². The summed E-state index contributed by atoms with van der Waals surface area (Å²) in [5.74, 6) is -5.59. The Morgan fingerprint density at radius 1 is 0.629 bits per heavy atom. The number of alkyl halides is 6. The summed E-state index contributed by atoms with van der Waals surface area (Å²) in [7, 11) is -14.3. The van der Waals surface area contributed by atoms with Gasteiger partial charge in [-0.3, -0.25) is 9.59 Å². The molecule has 7 rings (SSSR count). The number of benzene rings is 6. The third-order valence-corrected chi connectivity index (χ3v) is 19.5. The van der Waals surface area contributed by atoms with Gasteiger partial charge in [0.15, 0.2) is 31.1 Å². The molecule has 22 heteroatoms. The van der Waals surface area contributed by atoms with Crippen molar-refractivity contribution in [2.24, 2.45) is 16.7 Å². The molecule has 0 heterocycles. The number of halogens is 6. The molecule has 0 aromatic heterocycles. The van der Waals surface area contributed by atoms with E-state index >= 15 is 0 Å². The highest BCUT2D eigenvalue weighted by Gasteiger charge is 2.81. The topological polar surface area (TPSA) is 195 Å². The van der Waals surface area contributed by atoms with Crippen LogP contribution in [0, 0.1) is 16.7 Å². The van der Waals surface area contributed by atoms with Gasteiger partial charge in [-0.1, -0.05) is 153 Å². The summed E-state index contributed by atoms with van der Waals surface area (Å²) < 4.78 is 155. The minimum atomic E-state index is -7.37. The number of carbonyl (C=O) groups excluding carboxylic acids is 2. The molecule has 488 valence electrons. The van der Waals surface area contributed by atoms with Crippen LogP contribution in [0.25, 0.3) is 0 Å². The van der Waals surface area contributed by atoms with Crippen molar-refractivity contribution in [1.29, 1.82) is 0 Å². The highest BCUT2D eigenvalue weighted by molar-refractivity contribution is 7.97. The zero-order chi connectivity index (χ0) is 66.3. The number of esters is 1. The second-order valence-electron chi connectivity index (χ2n) is 22.6. The molecule has 1 aliphatic carbocycles. The van der Waals surface area contributed by atoms with Crippen LogP contribution in [0.1, 0.15) is 137 Å². The Labute approximate surface area is 524 Å². The molecule has 1 amide bonds. The largest absolute Gasteiger partial charge is 0.743 e. The van der Waals surface area contributed by atoms with Crippen LogP contribution in [0.2, 0.25) is 0 Å². The van der Waals surface area contributed by atoms with Gasteiger partial charge in [0.2, 0.25) is 5.91 Å². The predicted molar refractivity (Wildman–Crippen MR) is 333 cm³/mol. The third kappa shape index (κ3) is 22.1. The van der Waals surface area contributed by atoms with Gasteiger partial charge < -0.3 is 33.4 Å². The number of aromatic hydroxyl groups is 1. The molecule has 0 bridgehead atoms. The van der Waals surface area contributed by atoms with Crippen LogP contribution in [0.4, 0.5) is 26.3 Å². The van der Waals surface area contributed by atoms with E-state index in [9.17, 15) is 57.3 Å². The molecule has 13 nitrogen and oxygen atoms in total. The normalized spacial score (nSPS) is 14.0. The molecule has 6 aromatic rings. The van der Waals surface area contributed by atoms with Gasteiger partial charge in [0.1, 0.15) is 23.0 Å². The van der Waals surface area contributed by atoms with E-state index in [1.165, 1.54) is 52.4 Å². The van der Waals surface area contributed by atoms with Gasteiger partial charge in [-0.05, 0) is 161 Å². The SMILES string of the molecule is CCC(C)(C)C(=O)NCCc1ccc(OS(=O)(=O)C(F)(F)C(F)(F)C(F)(F)S(=O)(=O)[O-])cc1.CCC(C)(C)C(=O)Oc1ccc(OC(C)OCCC2CCCCC2)cc1.CCC(C)c1ccc(O)cc1.c1ccc([S+](c2ccccc2)c2ccccc2)cc1. The first-order valence-electron chi connectivity index (χ1n) is 29.4. The van der Waals surface area contributed by atoms with E-state index in [0.29, 0.717) is 35.2 Å². The van der Waals surface area contributed by atoms with Gasteiger partial charge in [-0.2, -0.15) is 34.8 Å². The van der Waals surface area contributed by atoms with E-state index in [2.05, 4.69) is 114 Å². The number of rotatable bonds is 25. The maximum absolute atomic E-state index is 13.8. The monoisotopic (exact) mass is 1300 g/mol. The molecule has 2 N–H and O–H groups in total. The van der Waals surface area contributed by atoms with Crippen LogP contribution in [-0.2, 0) is 51.9 Å². The molecule has 0 spiro atoms. The van der Waals surface area contributed by atoms with Gasteiger partial charge in [-0.25, -0.2) is 8.42 Å². The first kappa shape index (κ1) is 74.9. The molecule has 1 saturated carbocycles. The Kier molecular flexibility index (Phi) is 28.6. The summed E-state index contributed by atoms with van der Waals surface area (Å²) in [4.78, 5) is 28.1. The Hall–Kier alpha value is -6.59. The van der Waals surface area contributed by atoms with Crippen molar-refractivity contribution in [1.82, 2.24) is 5.32 Å². The lowest BCUT2D eigenvalue weighted by molar-refractivity contribution is -0.247. The van der Waals surface area contributed by atoms with Gasteiger partial charge in [-0.15, -0.1) is 0 Å². The van der Waals surface area contributed by atoms with Crippen molar-refractivity contribution in [3.8, 4) is 23.0 Å². The molecule has 0 aliphatic heterocycles. The summed E-state index contributed by atoms with van der Waals surface area (Å²) in [5, 5.41) is -2.10. The number of phenols is 1. The number of hydrogen-bond donors (Lipinski definition) is 2. The third-order valence-electron chi connectivity index (χ3n) is 15.1.